The molecule has 2 aromatic carbocycles. The molecule has 1 aromatic heterocycles. The Morgan fingerprint density at radius 2 is 1.51 bits per heavy atom. The van der Waals surface area contributed by atoms with Gasteiger partial charge < -0.3 is 19.0 Å². The van der Waals surface area contributed by atoms with Gasteiger partial charge in [-0.15, -0.1) is 0 Å². The van der Waals surface area contributed by atoms with Crippen molar-refractivity contribution >= 4 is 36.8 Å². The fourth-order valence-corrected chi connectivity index (χ4v) is 11.9. The maximum Gasteiger partial charge on any atom is 0.321 e. The summed E-state index contributed by atoms with van der Waals surface area (Å²) in [4.78, 5) is 25.6. The van der Waals surface area contributed by atoms with Crippen molar-refractivity contribution < 1.29 is 18.8 Å². The SMILES string of the molecule is CCOC(=O)C(C)(C)C(=O)Nc1ccc(C)c2c1cc(C)n2Cc1ccc(O[Si](C(C)C)(C(C)C)C(C)C)c(C(C)C)c1. The number of nitrogens with zero attached hydrogens (tertiary/aromatic N) is 1. The summed E-state index contributed by atoms with van der Waals surface area (Å²) in [6.07, 6.45) is 0. The molecule has 3 rings (SSSR count). The van der Waals surface area contributed by atoms with Crippen molar-refractivity contribution in [3.63, 3.8) is 0 Å². The number of esters is 1. The first-order valence-corrected chi connectivity index (χ1v) is 18.0. The number of carbonyl (C=O) groups is 2. The van der Waals surface area contributed by atoms with Crippen LogP contribution in [-0.2, 0) is 20.9 Å². The quantitative estimate of drug-likeness (QED) is 0.127. The summed E-state index contributed by atoms with van der Waals surface area (Å²) < 4.78 is 14.6. The minimum atomic E-state index is -2.09. The number of hydrogen-bond donors (Lipinski definition) is 1. The highest BCUT2D eigenvalue weighted by Gasteiger charge is 2.47. The number of anilines is 1. The highest BCUT2D eigenvalue weighted by molar-refractivity contribution is 6.78. The van der Waals surface area contributed by atoms with E-state index in [2.05, 4.69) is 103 Å². The molecule has 0 saturated heterocycles. The fourth-order valence-electron chi connectivity index (χ4n) is 6.65. The fraction of sp³-hybridized carbons (Fsp3) is 0.556. The Kier molecular flexibility index (Phi) is 10.6. The van der Waals surface area contributed by atoms with Crippen LogP contribution in [0.25, 0.3) is 10.9 Å². The van der Waals surface area contributed by atoms with Gasteiger partial charge in [-0.2, -0.15) is 0 Å². The van der Waals surface area contributed by atoms with E-state index in [4.69, 9.17) is 9.16 Å². The number of aryl methyl sites for hydroxylation is 2. The molecule has 0 bridgehead atoms. The first-order valence-electron chi connectivity index (χ1n) is 15.9. The first kappa shape index (κ1) is 34.4. The molecular formula is C36H54N2O4Si. The van der Waals surface area contributed by atoms with Gasteiger partial charge in [0.25, 0.3) is 8.32 Å². The normalized spacial score (nSPS) is 12.6. The zero-order valence-electron chi connectivity index (χ0n) is 28.8. The molecule has 236 valence electrons. The van der Waals surface area contributed by atoms with Gasteiger partial charge in [0.15, 0.2) is 0 Å². The lowest BCUT2D eigenvalue weighted by Gasteiger charge is -2.43. The van der Waals surface area contributed by atoms with Crippen LogP contribution in [0.4, 0.5) is 5.69 Å². The summed E-state index contributed by atoms with van der Waals surface area (Å²) in [6.45, 7) is 28.5. The lowest BCUT2D eigenvalue weighted by Crippen LogP contribution is -2.50. The Hall–Kier alpha value is -3.06. The summed E-state index contributed by atoms with van der Waals surface area (Å²) >= 11 is 0. The zero-order valence-corrected chi connectivity index (χ0v) is 29.8. The average Bonchev–Trinajstić information content (AvgIpc) is 3.25. The topological polar surface area (TPSA) is 69.6 Å². The molecule has 6 nitrogen and oxygen atoms in total. The molecule has 0 atom stereocenters. The highest BCUT2D eigenvalue weighted by atomic mass is 28.4. The standard InChI is InChI=1S/C36H54N2O4Si/c1-14-41-35(40)36(12,13)34(39)37-31-17-15-26(10)33-30(31)19-27(11)38(33)21-28-16-18-32(29(20-28)22(2)3)42-43(23(4)5,24(6)7)25(8)9/h15-20,22-25H,14,21H2,1-13H3,(H,37,39). The van der Waals surface area contributed by atoms with Crippen LogP contribution < -0.4 is 9.74 Å². The molecule has 0 spiro atoms. The van der Waals surface area contributed by atoms with Crippen LogP contribution in [0, 0.1) is 19.3 Å². The Bertz CT molecular complexity index is 1440. The lowest BCUT2D eigenvalue weighted by atomic mass is 9.92. The Morgan fingerprint density at radius 3 is 2.05 bits per heavy atom. The molecule has 0 radical (unpaired) electrons. The van der Waals surface area contributed by atoms with Crippen LogP contribution in [0.5, 0.6) is 5.75 Å². The van der Waals surface area contributed by atoms with Crippen LogP contribution in [0.2, 0.25) is 16.6 Å². The van der Waals surface area contributed by atoms with Gasteiger partial charge in [-0.05, 0) is 92.0 Å². The van der Waals surface area contributed by atoms with Gasteiger partial charge in [-0.3, -0.25) is 9.59 Å². The van der Waals surface area contributed by atoms with Crippen LogP contribution >= 0.6 is 0 Å². The van der Waals surface area contributed by atoms with E-state index in [9.17, 15) is 9.59 Å². The van der Waals surface area contributed by atoms with E-state index in [0.29, 0.717) is 34.8 Å². The van der Waals surface area contributed by atoms with Crippen molar-refractivity contribution in [2.45, 2.75) is 119 Å². The number of fused-ring (bicyclic) bond motifs is 1. The number of aromatic nitrogens is 1. The highest BCUT2D eigenvalue weighted by Crippen LogP contribution is 2.44. The number of ether oxygens (including phenoxy) is 1. The van der Waals surface area contributed by atoms with E-state index in [1.165, 1.54) is 11.1 Å². The predicted octanol–water partition coefficient (Wildman–Crippen LogP) is 9.51. The van der Waals surface area contributed by atoms with Gasteiger partial charge in [0, 0.05) is 17.6 Å². The number of amides is 1. The van der Waals surface area contributed by atoms with E-state index in [1.807, 2.05) is 12.1 Å². The summed E-state index contributed by atoms with van der Waals surface area (Å²) in [5.74, 6) is 0.429. The monoisotopic (exact) mass is 606 g/mol. The molecule has 0 aliphatic carbocycles. The van der Waals surface area contributed by atoms with Gasteiger partial charge in [0.2, 0.25) is 5.91 Å². The van der Waals surface area contributed by atoms with Crippen molar-refractivity contribution in [2.24, 2.45) is 5.41 Å². The van der Waals surface area contributed by atoms with Gasteiger partial charge in [-0.1, -0.05) is 73.6 Å². The van der Waals surface area contributed by atoms with Gasteiger partial charge >= 0.3 is 5.97 Å². The second-order valence-corrected chi connectivity index (χ2v) is 19.2. The van der Waals surface area contributed by atoms with Crippen LogP contribution in [0.3, 0.4) is 0 Å². The van der Waals surface area contributed by atoms with E-state index >= 15 is 0 Å². The van der Waals surface area contributed by atoms with Gasteiger partial charge in [0.05, 0.1) is 17.8 Å². The number of rotatable bonds is 12. The first-order chi connectivity index (χ1) is 20.0. The molecular weight excluding hydrogens is 552 g/mol. The van der Waals surface area contributed by atoms with E-state index in [-0.39, 0.29) is 12.5 Å². The molecule has 0 aliphatic heterocycles. The second-order valence-electron chi connectivity index (χ2n) is 13.8. The molecule has 1 heterocycles. The Balaban J connectivity index is 2.03. The molecule has 3 aromatic rings. The molecule has 1 N–H and O–H groups in total. The number of hydrogen-bond acceptors (Lipinski definition) is 4. The molecule has 0 fully saturated rings. The van der Waals surface area contributed by atoms with E-state index < -0.39 is 19.7 Å². The third kappa shape index (κ3) is 6.72. The predicted molar refractivity (Wildman–Crippen MR) is 182 cm³/mol. The van der Waals surface area contributed by atoms with Crippen LogP contribution in [0.15, 0.2) is 36.4 Å². The minimum absolute atomic E-state index is 0.230. The summed E-state index contributed by atoms with van der Waals surface area (Å²) in [6, 6.07) is 12.8. The number of carbonyl (C=O) groups excluding carboxylic acids is 2. The maximum absolute atomic E-state index is 13.2. The Labute approximate surface area is 260 Å². The third-order valence-corrected chi connectivity index (χ3v) is 15.1. The molecule has 0 aliphatic rings. The maximum atomic E-state index is 13.2. The Morgan fingerprint density at radius 1 is 0.907 bits per heavy atom. The van der Waals surface area contributed by atoms with E-state index in [1.54, 1.807) is 20.8 Å². The van der Waals surface area contributed by atoms with Crippen LogP contribution in [0.1, 0.15) is 104 Å². The second kappa shape index (κ2) is 13.3. The average molecular weight is 607 g/mol. The summed E-state index contributed by atoms with van der Waals surface area (Å²) in [5, 5.41) is 3.97. The lowest BCUT2D eigenvalue weighted by molar-refractivity contribution is -0.157. The molecule has 0 unspecified atom stereocenters. The van der Waals surface area contributed by atoms with Gasteiger partial charge in [-0.25, -0.2) is 0 Å². The van der Waals surface area contributed by atoms with E-state index in [0.717, 1.165) is 27.9 Å². The summed E-state index contributed by atoms with van der Waals surface area (Å²) in [5.41, 5.74) is 6.64. The van der Waals surface area contributed by atoms with Crippen LogP contribution in [-0.4, -0.2) is 31.4 Å². The largest absolute Gasteiger partial charge is 0.542 e. The molecule has 1 amide bonds. The third-order valence-electron chi connectivity index (χ3n) is 9.10. The minimum Gasteiger partial charge on any atom is -0.542 e. The van der Waals surface area contributed by atoms with Crippen molar-refractivity contribution in [1.29, 1.82) is 0 Å². The number of benzene rings is 2. The zero-order chi connectivity index (χ0) is 32.4. The van der Waals surface area contributed by atoms with Crippen molar-refractivity contribution in [2.75, 3.05) is 11.9 Å². The molecule has 7 heteroatoms. The number of nitrogens with one attached hydrogen (secondary N) is 1. The van der Waals surface area contributed by atoms with Crippen molar-refractivity contribution in [3.8, 4) is 5.75 Å². The summed E-state index contributed by atoms with van der Waals surface area (Å²) in [7, 11) is -2.09. The molecule has 43 heavy (non-hydrogen) atoms. The van der Waals surface area contributed by atoms with Crippen molar-refractivity contribution in [1.82, 2.24) is 4.57 Å². The van der Waals surface area contributed by atoms with Gasteiger partial charge in [0.1, 0.15) is 11.2 Å². The molecule has 0 saturated carbocycles. The smallest absolute Gasteiger partial charge is 0.321 e. The van der Waals surface area contributed by atoms with Crippen molar-refractivity contribution in [3.05, 3.63) is 58.8 Å².